The molecule has 0 aliphatic rings. The van der Waals surface area contributed by atoms with Crippen LogP contribution in [0.15, 0.2) is 35.5 Å². The zero-order chi connectivity index (χ0) is 14.9. The van der Waals surface area contributed by atoms with Crippen LogP contribution in [0, 0.1) is 11.2 Å². The number of aromatic nitrogens is 2. The number of nitrogens with one attached hydrogen (secondary N) is 2. The summed E-state index contributed by atoms with van der Waals surface area (Å²) in [5.74, 6) is -1.17. The Morgan fingerprint density at radius 2 is 2.20 bits per heavy atom. The van der Waals surface area contributed by atoms with Crippen LogP contribution in [0.4, 0.5) is 10.1 Å². The van der Waals surface area contributed by atoms with Gasteiger partial charge in [-0.05, 0) is 18.2 Å². The minimum atomic E-state index is -3.81. The maximum atomic E-state index is 13.4. The van der Waals surface area contributed by atoms with Gasteiger partial charge < -0.3 is 5.73 Å². The zero-order valence-electron chi connectivity index (χ0n) is 10.5. The molecule has 7 nitrogen and oxygen atoms in total. The first-order valence-corrected chi connectivity index (χ1v) is 6.93. The van der Waals surface area contributed by atoms with Crippen LogP contribution in [-0.4, -0.2) is 24.0 Å². The fourth-order valence-corrected chi connectivity index (χ4v) is 2.58. The van der Waals surface area contributed by atoms with Crippen LogP contribution in [0.3, 0.4) is 0 Å². The summed E-state index contributed by atoms with van der Waals surface area (Å²) in [6.07, 6.45) is 2.52. The molecule has 2 rings (SSSR count). The fourth-order valence-electron chi connectivity index (χ4n) is 1.55. The van der Waals surface area contributed by atoms with Crippen molar-refractivity contribution in [3.8, 4) is 0 Å². The smallest absolute Gasteiger partial charge is 0.265 e. The van der Waals surface area contributed by atoms with Gasteiger partial charge in [-0.2, -0.15) is 5.10 Å². The van der Waals surface area contributed by atoms with E-state index < -0.39 is 21.7 Å². The predicted octanol–water partition coefficient (Wildman–Crippen LogP) is 0.644. The Bertz CT molecular complexity index is 769. The van der Waals surface area contributed by atoms with Crippen LogP contribution < -0.4 is 10.5 Å². The number of nitrogens with zero attached hydrogens (tertiary/aromatic N) is 2. The van der Waals surface area contributed by atoms with E-state index in [4.69, 9.17) is 11.1 Å². The van der Waals surface area contributed by atoms with Crippen LogP contribution in [0.2, 0.25) is 0 Å². The molecule has 1 heterocycles. The highest BCUT2D eigenvalue weighted by molar-refractivity contribution is 7.92. The topological polar surface area (TPSA) is 114 Å². The van der Waals surface area contributed by atoms with Crippen molar-refractivity contribution in [2.45, 2.75) is 4.90 Å². The van der Waals surface area contributed by atoms with Crippen LogP contribution in [-0.2, 0) is 17.1 Å². The molecule has 0 amide bonds. The highest BCUT2D eigenvalue weighted by atomic mass is 32.2. The Kier molecular flexibility index (Phi) is 3.45. The second-order valence-electron chi connectivity index (χ2n) is 4.06. The molecule has 0 fully saturated rings. The predicted molar refractivity (Wildman–Crippen MR) is 71.4 cm³/mol. The number of hydrogen-bond acceptors (Lipinski definition) is 4. The van der Waals surface area contributed by atoms with Crippen LogP contribution in [0.5, 0.6) is 0 Å². The van der Waals surface area contributed by atoms with E-state index >= 15 is 0 Å². The Balaban J connectivity index is 2.35. The molecule has 0 saturated heterocycles. The number of halogens is 1. The zero-order valence-corrected chi connectivity index (χ0v) is 11.3. The van der Waals surface area contributed by atoms with Gasteiger partial charge in [0.1, 0.15) is 16.5 Å². The number of nitrogen functional groups attached to an aromatic ring is 1. The number of sulfonamides is 1. The summed E-state index contributed by atoms with van der Waals surface area (Å²) in [7, 11) is -2.23. The van der Waals surface area contributed by atoms with Crippen molar-refractivity contribution in [2.24, 2.45) is 12.8 Å². The molecule has 0 aliphatic heterocycles. The lowest BCUT2D eigenvalue weighted by molar-refractivity contribution is 0.600. The highest BCUT2D eigenvalue weighted by Crippen LogP contribution is 2.18. The van der Waals surface area contributed by atoms with Gasteiger partial charge in [0.25, 0.3) is 10.0 Å². The van der Waals surface area contributed by atoms with Gasteiger partial charge in [-0.3, -0.25) is 14.8 Å². The molecule has 0 spiro atoms. The van der Waals surface area contributed by atoms with Crippen molar-refractivity contribution in [2.75, 3.05) is 4.72 Å². The Morgan fingerprint density at radius 3 is 2.75 bits per heavy atom. The third-order valence-electron chi connectivity index (χ3n) is 2.50. The lowest BCUT2D eigenvalue weighted by atomic mass is 10.2. The summed E-state index contributed by atoms with van der Waals surface area (Å²) < 4.78 is 41.1. The van der Waals surface area contributed by atoms with Gasteiger partial charge in [-0.25, -0.2) is 12.8 Å². The van der Waals surface area contributed by atoms with Crippen LogP contribution in [0.1, 0.15) is 5.56 Å². The number of aryl methyl sites for hydroxylation is 1. The van der Waals surface area contributed by atoms with Crippen molar-refractivity contribution < 1.29 is 12.8 Å². The number of hydrogen-bond donors (Lipinski definition) is 3. The van der Waals surface area contributed by atoms with Crippen molar-refractivity contribution in [1.82, 2.24) is 9.78 Å². The third kappa shape index (κ3) is 2.77. The molecular formula is C11H12FN5O2S. The molecule has 4 N–H and O–H groups in total. The standard InChI is InChI=1S/C11H12FN5O2S/c1-17-6-8(5-15-17)20(18,19)16-7-2-3-10(12)9(4-7)11(13)14/h2-6,16H,1H3,(H3,13,14). The maximum Gasteiger partial charge on any atom is 0.265 e. The molecule has 20 heavy (non-hydrogen) atoms. The van der Waals surface area contributed by atoms with Gasteiger partial charge in [-0.15, -0.1) is 0 Å². The summed E-state index contributed by atoms with van der Waals surface area (Å²) in [6, 6.07) is 3.44. The van der Waals surface area contributed by atoms with E-state index in [0.717, 1.165) is 12.1 Å². The van der Waals surface area contributed by atoms with E-state index in [2.05, 4.69) is 9.82 Å². The van der Waals surface area contributed by atoms with Gasteiger partial charge in [0.2, 0.25) is 0 Å². The number of rotatable bonds is 4. The summed E-state index contributed by atoms with van der Waals surface area (Å²) >= 11 is 0. The molecule has 0 aliphatic carbocycles. The first-order chi connectivity index (χ1) is 9.29. The van der Waals surface area contributed by atoms with E-state index in [9.17, 15) is 12.8 Å². The molecule has 0 atom stereocenters. The molecule has 2 aromatic rings. The van der Waals surface area contributed by atoms with Gasteiger partial charge in [0.05, 0.1) is 11.8 Å². The average molecular weight is 297 g/mol. The minimum absolute atomic E-state index is 0.0197. The number of nitrogens with two attached hydrogens (primary N) is 1. The summed E-state index contributed by atoms with van der Waals surface area (Å²) in [6.45, 7) is 0. The number of anilines is 1. The van der Waals surface area contributed by atoms with E-state index in [0.29, 0.717) is 0 Å². The van der Waals surface area contributed by atoms with Crippen molar-refractivity contribution in [1.29, 1.82) is 5.41 Å². The molecular weight excluding hydrogens is 285 g/mol. The number of benzene rings is 1. The van der Waals surface area contributed by atoms with E-state index in [1.54, 1.807) is 7.05 Å². The Hall–Kier alpha value is -2.42. The van der Waals surface area contributed by atoms with Crippen LogP contribution >= 0.6 is 0 Å². The van der Waals surface area contributed by atoms with Crippen molar-refractivity contribution >= 4 is 21.5 Å². The molecule has 9 heteroatoms. The van der Waals surface area contributed by atoms with Gasteiger partial charge in [-0.1, -0.05) is 0 Å². The lowest BCUT2D eigenvalue weighted by Crippen LogP contribution is -2.16. The van der Waals surface area contributed by atoms with E-state index in [1.807, 2.05) is 0 Å². The molecule has 0 saturated carbocycles. The first kappa shape index (κ1) is 14.0. The molecule has 106 valence electrons. The van der Waals surface area contributed by atoms with Crippen LogP contribution in [0.25, 0.3) is 0 Å². The Morgan fingerprint density at radius 1 is 1.50 bits per heavy atom. The molecule has 0 radical (unpaired) electrons. The van der Waals surface area contributed by atoms with Crippen molar-refractivity contribution in [3.05, 3.63) is 42.0 Å². The largest absolute Gasteiger partial charge is 0.384 e. The summed E-state index contributed by atoms with van der Waals surface area (Å²) in [5, 5.41) is 11.0. The van der Waals surface area contributed by atoms with Crippen molar-refractivity contribution in [3.63, 3.8) is 0 Å². The molecule has 0 bridgehead atoms. The highest BCUT2D eigenvalue weighted by Gasteiger charge is 2.17. The number of amidine groups is 1. The van der Waals surface area contributed by atoms with E-state index in [-0.39, 0.29) is 16.1 Å². The monoisotopic (exact) mass is 297 g/mol. The third-order valence-corrected chi connectivity index (χ3v) is 3.84. The normalized spacial score (nSPS) is 11.3. The second kappa shape index (κ2) is 4.93. The maximum absolute atomic E-state index is 13.4. The molecule has 1 aromatic carbocycles. The van der Waals surface area contributed by atoms with Gasteiger partial charge in [0.15, 0.2) is 0 Å². The Labute approximate surface area is 114 Å². The summed E-state index contributed by atoms with van der Waals surface area (Å²) in [5.41, 5.74) is 5.16. The quantitative estimate of drug-likeness (QED) is 0.567. The van der Waals surface area contributed by atoms with E-state index in [1.165, 1.54) is 23.1 Å². The fraction of sp³-hybridized carbons (Fsp3) is 0.0909. The average Bonchev–Trinajstić information content (AvgIpc) is 2.78. The summed E-state index contributed by atoms with van der Waals surface area (Å²) in [4.78, 5) is -0.0197. The molecule has 0 unspecified atom stereocenters. The van der Waals surface area contributed by atoms with Gasteiger partial charge >= 0.3 is 0 Å². The second-order valence-corrected chi connectivity index (χ2v) is 5.75. The lowest BCUT2D eigenvalue weighted by Gasteiger charge is -2.08. The molecule has 1 aromatic heterocycles. The van der Waals surface area contributed by atoms with Gasteiger partial charge in [0, 0.05) is 18.9 Å². The SMILES string of the molecule is Cn1cc(S(=O)(=O)Nc2ccc(F)c(C(=N)N)c2)cn1. The first-order valence-electron chi connectivity index (χ1n) is 5.45. The minimum Gasteiger partial charge on any atom is -0.384 e.